The lowest BCUT2D eigenvalue weighted by atomic mass is 10.1. The smallest absolute Gasteiger partial charge is 0.341 e. The van der Waals surface area contributed by atoms with Gasteiger partial charge in [0.2, 0.25) is 0 Å². The zero-order valence-corrected chi connectivity index (χ0v) is 11.5. The Bertz CT molecular complexity index is 360. The van der Waals surface area contributed by atoms with Crippen LogP contribution in [0.3, 0.4) is 0 Å². The van der Waals surface area contributed by atoms with Crippen LogP contribution in [0.2, 0.25) is 0 Å². The van der Waals surface area contributed by atoms with Gasteiger partial charge in [-0.15, -0.1) is 0 Å². The van der Waals surface area contributed by atoms with Crippen LogP contribution >= 0.6 is 0 Å². The van der Waals surface area contributed by atoms with E-state index in [2.05, 4.69) is 23.9 Å². The van der Waals surface area contributed by atoms with Gasteiger partial charge >= 0.3 is 5.97 Å². The average molecular weight is 253 g/mol. The monoisotopic (exact) mass is 253 g/mol. The van der Waals surface area contributed by atoms with Crippen molar-refractivity contribution in [1.82, 2.24) is 5.32 Å². The molecule has 0 bridgehead atoms. The van der Waals surface area contributed by atoms with Crippen LogP contribution in [0.25, 0.3) is 0 Å². The summed E-state index contributed by atoms with van der Waals surface area (Å²) >= 11 is 0. The zero-order chi connectivity index (χ0) is 13.4. The van der Waals surface area contributed by atoms with Crippen molar-refractivity contribution < 1.29 is 13.9 Å². The van der Waals surface area contributed by atoms with Crippen molar-refractivity contribution in [2.24, 2.45) is 0 Å². The van der Waals surface area contributed by atoms with Crippen LogP contribution in [0.15, 0.2) is 16.7 Å². The molecule has 1 rings (SSSR count). The maximum Gasteiger partial charge on any atom is 0.341 e. The predicted molar refractivity (Wildman–Crippen MR) is 70.5 cm³/mol. The highest BCUT2D eigenvalue weighted by molar-refractivity contribution is 5.88. The molecule has 1 atom stereocenters. The summed E-state index contributed by atoms with van der Waals surface area (Å²) in [6, 6.07) is 2.18. The minimum Gasteiger partial charge on any atom is -0.467 e. The second-order valence-electron chi connectivity index (χ2n) is 4.57. The first-order chi connectivity index (χ1) is 8.67. The summed E-state index contributed by atoms with van der Waals surface area (Å²) < 4.78 is 9.92. The molecule has 4 heteroatoms. The Labute approximate surface area is 109 Å². The van der Waals surface area contributed by atoms with E-state index in [1.807, 2.05) is 0 Å². The minimum absolute atomic E-state index is 0.360. The van der Waals surface area contributed by atoms with Gasteiger partial charge in [-0.3, -0.25) is 0 Å². The Morgan fingerprint density at radius 1 is 1.50 bits per heavy atom. The fourth-order valence-electron chi connectivity index (χ4n) is 1.78. The molecule has 1 aromatic rings. The highest BCUT2D eigenvalue weighted by atomic mass is 16.5. The van der Waals surface area contributed by atoms with Crippen LogP contribution in [0, 0.1) is 0 Å². The van der Waals surface area contributed by atoms with Crippen molar-refractivity contribution in [3.05, 3.63) is 23.7 Å². The lowest BCUT2D eigenvalue weighted by Gasteiger charge is -2.11. The van der Waals surface area contributed by atoms with Crippen LogP contribution in [0.5, 0.6) is 0 Å². The maximum absolute atomic E-state index is 11.2. The fourth-order valence-corrected chi connectivity index (χ4v) is 1.78. The Morgan fingerprint density at radius 3 is 2.94 bits per heavy atom. The van der Waals surface area contributed by atoms with E-state index < -0.39 is 0 Å². The largest absolute Gasteiger partial charge is 0.467 e. The molecule has 102 valence electrons. The third kappa shape index (κ3) is 4.92. The van der Waals surface area contributed by atoms with E-state index in [1.165, 1.54) is 39.1 Å². The number of unbranched alkanes of at least 4 members (excludes halogenated alkanes) is 2. The number of carbonyl (C=O) groups excluding carboxylic acids is 1. The molecule has 18 heavy (non-hydrogen) atoms. The van der Waals surface area contributed by atoms with E-state index in [1.54, 1.807) is 6.07 Å². The van der Waals surface area contributed by atoms with Crippen molar-refractivity contribution in [3.63, 3.8) is 0 Å². The molecule has 1 unspecified atom stereocenters. The summed E-state index contributed by atoms with van der Waals surface area (Å²) in [7, 11) is 1.36. The summed E-state index contributed by atoms with van der Waals surface area (Å²) in [5.74, 6) is 0.402. The van der Waals surface area contributed by atoms with Crippen molar-refractivity contribution in [1.29, 1.82) is 0 Å². The SMILES string of the molecule is CCCCCC(C)NCc1cc(C(=O)OC)co1. The molecule has 0 saturated carbocycles. The molecular weight excluding hydrogens is 230 g/mol. The Balaban J connectivity index is 2.30. The van der Waals surface area contributed by atoms with Gasteiger partial charge in [0.25, 0.3) is 0 Å². The summed E-state index contributed by atoms with van der Waals surface area (Å²) in [5.41, 5.74) is 0.466. The normalized spacial score (nSPS) is 12.4. The minimum atomic E-state index is -0.360. The lowest BCUT2D eigenvalue weighted by Crippen LogP contribution is -2.25. The summed E-state index contributed by atoms with van der Waals surface area (Å²) in [6.45, 7) is 5.01. The standard InChI is InChI=1S/C14H23NO3/c1-4-5-6-7-11(2)15-9-13-8-12(10-18-13)14(16)17-3/h8,10-11,15H,4-7,9H2,1-3H3. The number of hydrogen-bond acceptors (Lipinski definition) is 4. The van der Waals surface area contributed by atoms with Gasteiger partial charge in [0, 0.05) is 6.04 Å². The van der Waals surface area contributed by atoms with Gasteiger partial charge in [0.15, 0.2) is 0 Å². The van der Waals surface area contributed by atoms with E-state index in [0.717, 1.165) is 5.76 Å². The Kier molecular flexibility index (Phi) is 6.50. The first-order valence-electron chi connectivity index (χ1n) is 6.56. The highest BCUT2D eigenvalue weighted by Gasteiger charge is 2.10. The molecule has 4 nitrogen and oxygen atoms in total. The van der Waals surface area contributed by atoms with E-state index in [9.17, 15) is 4.79 Å². The average Bonchev–Trinajstić information content (AvgIpc) is 2.84. The van der Waals surface area contributed by atoms with Gasteiger partial charge in [-0.05, 0) is 19.4 Å². The number of ether oxygens (including phenoxy) is 1. The van der Waals surface area contributed by atoms with Crippen LogP contribution in [0.4, 0.5) is 0 Å². The number of esters is 1. The van der Waals surface area contributed by atoms with Gasteiger partial charge < -0.3 is 14.5 Å². The van der Waals surface area contributed by atoms with Crippen LogP contribution in [-0.2, 0) is 11.3 Å². The number of methoxy groups -OCH3 is 1. The third-order valence-corrected chi connectivity index (χ3v) is 2.94. The second kappa shape index (κ2) is 7.93. The van der Waals surface area contributed by atoms with E-state index in [-0.39, 0.29) is 5.97 Å². The number of rotatable bonds is 8. The number of hydrogen-bond donors (Lipinski definition) is 1. The van der Waals surface area contributed by atoms with E-state index >= 15 is 0 Å². The molecule has 0 aromatic carbocycles. The van der Waals surface area contributed by atoms with E-state index in [0.29, 0.717) is 18.2 Å². The van der Waals surface area contributed by atoms with Crippen molar-refractivity contribution in [2.45, 2.75) is 52.1 Å². The summed E-state index contributed by atoms with van der Waals surface area (Å²) in [6.07, 6.45) is 6.37. The molecule has 0 saturated heterocycles. The quantitative estimate of drug-likeness (QED) is 0.571. The first-order valence-corrected chi connectivity index (χ1v) is 6.56. The summed E-state index contributed by atoms with van der Waals surface area (Å²) in [5, 5.41) is 3.38. The fraction of sp³-hybridized carbons (Fsp3) is 0.643. The van der Waals surface area contributed by atoms with Crippen molar-refractivity contribution >= 4 is 5.97 Å². The molecule has 1 aromatic heterocycles. The van der Waals surface area contributed by atoms with Gasteiger partial charge in [-0.1, -0.05) is 26.2 Å². The molecule has 1 N–H and O–H groups in total. The Hall–Kier alpha value is -1.29. The van der Waals surface area contributed by atoms with Gasteiger partial charge in [0.1, 0.15) is 12.0 Å². The second-order valence-corrected chi connectivity index (χ2v) is 4.57. The highest BCUT2D eigenvalue weighted by Crippen LogP contribution is 2.10. The van der Waals surface area contributed by atoms with Crippen LogP contribution < -0.4 is 5.32 Å². The first kappa shape index (κ1) is 14.8. The Morgan fingerprint density at radius 2 is 2.28 bits per heavy atom. The third-order valence-electron chi connectivity index (χ3n) is 2.94. The molecule has 0 aliphatic heterocycles. The molecule has 0 spiro atoms. The maximum atomic E-state index is 11.2. The molecule has 0 amide bonds. The van der Waals surface area contributed by atoms with Crippen LogP contribution in [-0.4, -0.2) is 19.1 Å². The lowest BCUT2D eigenvalue weighted by molar-refractivity contribution is 0.0600. The zero-order valence-electron chi connectivity index (χ0n) is 11.5. The number of carbonyl (C=O) groups is 1. The van der Waals surface area contributed by atoms with Gasteiger partial charge in [0.05, 0.1) is 19.2 Å². The molecule has 0 fully saturated rings. The van der Waals surface area contributed by atoms with Crippen molar-refractivity contribution in [3.8, 4) is 0 Å². The topological polar surface area (TPSA) is 51.5 Å². The molecular formula is C14H23NO3. The predicted octanol–water partition coefficient (Wildman–Crippen LogP) is 3.12. The molecule has 0 aliphatic carbocycles. The summed E-state index contributed by atoms with van der Waals surface area (Å²) in [4.78, 5) is 11.2. The van der Waals surface area contributed by atoms with Gasteiger partial charge in [-0.25, -0.2) is 4.79 Å². The molecule has 0 radical (unpaired) electrons. The van der Waals surface area contributed by atoms with Crippen LogP contribution in [0.1, 0.15) is 55.6 Å². The number of furan rings is 1. The number of nitrogens with one attached hydrogen (secondary N) is 1. The van der Waals surface area contributed by atoms with Gasteiger partial charge in [-0.2, -0.15) is 0 Å². The molecule has 0 aliphatic rings. The van der Waals surface area contributed by atoms with E-state index in [4.69, 9.17) is 4.42 Å². The van der Waals surface area contributed by atoms with Crippen molar-refractivity contribution in [2.75, 3.05) is 7.11 Å². The molecule has 1 heterocycles.